The molecule has 0 radical (unpaired) electrons. The lowest BCUT2D eigenvalue weighted by molar-refractivity contribution is 0.281. The van der Waals surface area contributed by atoms with Crippen molar-refractivity contribution in [3.63, 3.8) is 0 Å². The number of hydrogen-bond donors (Lipinski definition) is 2. The molecule has 0 spiro atoms. The van der Waals surface area contributed by atoms with Crippen LogP contribution in [0.1, 0.15) is 11.4 Å². The van der Waals surface area contributed by atoms with E-state index < -0.39 is 10.0 Å². The molecule has 0 aliphatic heterocycles. The lowest BCUT2D eigenvalue weighted by Gasteiger charge is -2.09. The number of aliphatic hydroxyl groups excluding tert-OH is 1. The molecule has 0 saturated carbocycles. The van der Waals surface area contributed by atoms with E-state index in [-0.39, 0.29) is 18.0 Å². The highest BCUT2D eigenvalue weighted by Crippen LogP contribution is 2.23. The summed E-state index contributed by atoms with van der Waals surface area (Å²) in [5.74, 6) is 0.701. The van der Waals surface area contributed by atoms with Crippen LogP contribution in [0, 0.1) is 0 Å². The molecule has 0 aliphatic rings. The van der Waals surface area contributed by atoms with Gasteiger partial charge in [-0.05, 0) is 33.6 Å². The maximum atomic E-state index is 12.2. The Kier molecular flexibility index (Phi) is 5.09. The first-order valence-electron chi connectivity index (χ1n) is 6.16. The minimum Gasteiger partial charge on any atom is -0.392 e. The molecule has 21 heavy (non-hydrogen) atoms. The van der Waals surface area contributed by atoms with Crippen LogP contribution in [0.5, 0.6) is 0 Å². The van der Waals surface area contributed by atoms with Crippen LogP contribution in [0.15, 0.2) is 33.9 Å². The number of nitrogens with one attached hydrogen (secondary N) is 1. The van der Waals surface area contributed by atoms with Crippen molar-refractivity contribution < 1.29 is 13.5 Å². The van der Waals surface area contributed by atoms with Crippen LogP contribution in [0.2, 0.25) is 0 Å². The number of aromatic nitrogens is 3. The Labute approximate surface area is 131 Å². The Morgan fingerprint density at radius 2 is 2.19 bits per heavy atom. The molecule has 2 rings (SSSR count). The smallest absolute Gasteiger partial charge is 0.241 e. The highest BCUT2D eigenvalue weighted by molar-refractivity contribution is 9.10. The van der Waals surface area contributed by atoms with Gasteiger partial charge < -0.3 is 9.67 Å². The van der Waals surface area contributed by atoms with Gasteiger partial charge in [-0.1, -0.05) is 6.07 Å². The Morgan fingerprint density at radius 3 is 2.76 bits per heavy atom. The Balaban J connectivity index is 2.06. The second-order valence-corrected chi connectivity index (χ2v) is 7.02. The topological polar surface area (TPSA) is 97.1 Å². The molecule has 1 aromatic heterocycles. The Bertz CT molecular complexity index is 730. The number of halogens is 1. The number of nitrogens with zero attached hydrogens (tertiary/aromatic N) is 3. The predicted molar refractivity (Wildman–Crippen MR) is 80.0 cm³/mol. The van der Waals surface area contributed by atoms with E-state index in [2.05, 4.69) is 30.8 Å². The van der Waals surface area contributed by atoms with E-state index in [9.17, 15) is 8.42 Å². The van der Waals surface area contributed by atoms with Gasteiger partial charge in [0.15, 0.2) is 0 Å². The van der Waals surface area contributed by atoms with E-state index >= 15 is 0 Å². The first-order valence-corrected chi connectivity index (χ1v) is 8.43. The number of hydrogen-bond acceptors (Lipinski definition) is 5. The third-order valence-corrected chi connectivity index (χ3v) is 5.35. The third kappa shape index (κ3) is 3.88. The van der Waals surface area contributed by atoms with Crippen LogP contribution in [-0.2, 0) is 30.1 Å². The summed E-state index contributed by atoms with van der Waals surface area (Å²) in [5, 5.41) is 16.6. The molecule has 2 aromatic rings. The van der Waals surface area contributed by atoms with E-state index in [1.165, 1.54) is 6.07 Å². The van der Waals surface area contributed by atoms with E-state index in [1.807, 2.05) is 0 Å². The van der Waals surface area contributed by atoms with E-state index in [1.54, 1.807) is 30.1 Å². The number of sulfonamides is 1. The summed E-state index contributed by atoms with van der Waals surface area (Å²) in [6.45, 7) is 0.0849. The molecule has 1 aromatic carbocycles. The summed E-state index contributed by atoms with van der Waals surface area (Å²) in [4.78, 5) is 0.137. The van der Waals surface area contributed by atoms with Gasteiger partial charge in [0.2, 0.25) is 10.0 Å². The lowest BCUT2D eigenvalue weighted by Crippen LogP contribution is -2.27. The van der Waals surface area contributed by atoms with E-state index in [4.69, 9.17) is 5.11 Å². The van der Waals surface area contributed by atoms with Crippen LogP contribution in [0.4, 0.5) is 0 Å². The second kappa shape index (κ2) is 6.65. The molecule has 7 nitrogen and oxygen atoms in total. The number of aliphatic hydroxyl groups is 1. The molecule has 114 valence electrons. The van der Waals surface area contributed by atoms with Gasteiger partial charge in [0.05, 0.1) is 11.5 Å². The van der Waals surface area contributed by atoms with Crippen molar-refractivity contribution >= 4 is 26.0 Å². The first kappa shape index (κ1) is 16.1. The van der Waals surface area contributed by atoms with Crippen molar-refractivity contribution in [1.29, 1.82) is 0 Å². The van der Waals surface area contributed by atoms with Gasteiger partial charge in [-0.2, -0.15) is 0 Å². The Morgan fingerprint density at radius 1 is 1.43 bits per heavy atom. The van der Waals surface area contributed by atoms with Gasteiger partial charge in [-0.3, -0.25) is 0 Å². The number of benzene rings is 1. The van der Waals surface area contributed by atoms with Crippen molar-refractivity contribution in [3.8, 4) is 0 Å². The van der Waals surface area contributed by atoms with Gasteiger partial charge in [0.1, 0.15) is 12.2 Å². The quantitative estimate of drug-likeness (QED) is 0.771. The number of aryl methyl sites for hydroxylation is 1. The molecule has 0 aliphatic carbocycles. The maximum Gasteiger partial charge on any atom is 0.241 e. The van der Waals surface area contributed by atoms with Gasteiger partial charge in [-0.25, -0.2) is 13.1 Å². The zero-order chi connectivity index (χ0) is 15.5. The summed E-state index contributed by atoms with van der Waals surface area (Å²) < 4.78 is 29.1. The summed E-state index contributed by atoms with van der Waals surface area (Å²) >= 11 is 3.21. The largest absolute Gasteiger partial charge is 0.392 e. The van der Waals surface area contributed by atoms with Crippen molar-refractivity contribution in [2.75, 3.05) is 6.54 Å². The van der Waals surface area contributed by atoms with Gasteiger partial charge in [-0.15, -0.1) is 10.2 Å². The van der Waals surface area contributed by atoms with E-state index in [0.717, 1.165) is 0 Å². The van der Waals surface area contributed by atoms with Crippen LogP contribution in [-0.4, -0.2) is 34.8 Å². The fourth-order valence-corrected chi connectivity index (χ4v) is 3.92. The highest BCUT2D eigenvalue weighted by Gasteiger charge is 2.17. The van der Waals surface area contributed by atoms with E-state index in [0.29, 0.717) is 22.3 Å². The monoisotopic (exact) mass is 374 g/mol. The maximum absolute atomic E-state index is 12.2. The van der Waals surface area contributed by atoms with Gasteiger partial charge in [0.25, 0.3) is 0 Å². The normalized spacial score (nSPS) is 11.8. The molecule has 2 N–H and O–H groups in total. The summed E-state index contributed by atoms with van der Waals surface area (Å²) in [6.07, 6.45) is 2.01. The molecular weight excluding hydrogens is 360 g/mol. The summed E-state index contributed by atoms with van der Waals surface area (Å²) in [6, 6.07) is 4.61. The molecule has 0 bridgehead atoms. The van der Waals surface area contributed by atoms with Crippen LogP contribution in [0.25, 0.3) is 0 Å². The van der Waals surface area contributed by atoms with Crippen LogP contribution < -0.4 is 4.72 Å². The van der Waals surface area contributed by atoms with Crippen LogP contribution in [0.3, 0.4) is 0 Å². The zero-order valence-corrected chi connectivity index (χ0v) is 13.7. The molecule has 0 saturated heterocycles. The Hall–Kier alpha value is -1.29. The standard InChI is InChI=1S/C12H15BrN4O3S/c1-17-8-14-16-12(17)4-5-15-21(19,20)11-3-2-9(7-18)6-10(11)13/h2-3,6,8,15,18H,4-5,7H2,1H3. The minimum absolute atomic E-state index is 0.137. The average Bonchev–Trinajstić information content (AvgIpc) is 2.83. The molecule has 9 heteroatoms. The van der Waals surface area contributed by atoms with Crippen molar-refractivity contribution in [2.24, 2.45) is 7.05 Å². The third-order valence-electron chi connectivity index (χ3n) is 2.91. The SMILES string of the molecule is Cn1cnnc1CCNS(=O)(=O)c1ccc(CO)cc1Br. The zero-order valence-electron chi connectivity index (χ0n) is 11.3. The molecular formula is C12H15BrN4O3S. The fraction of sp³-hybridized carbons (Fsp3) is 0.333. The van der Waals surface area contributed by atoms with Crippen molar-refractivity contribution in [3.05, 3.63) is 40.4 Å². The highest BCUT2D eigenvalue weighted by atomic mass is 79.9. The average molecular weight is 375 g/mol. The minimum atomic E-state index is -3.62. The predicted octanol–water partition coefficient (Wildman–Crippen LogP) is 0.591. The van der Waals surface area contributed by atoms with Crippen molar-refractivity contribution in [2.45, 2.75) is 17.9 Å². The van der Waals surface area contributed by atoms with Gasteiger partial charge in [0, 0.05) is 24.5 Å². The molecule has 0 atom stereocenters. The first-order chi connectivity index (χ1) is 9.94. The fourth-order valence-electron chi connectivity index (χ4n) is 1.77. The second-order valence-electron chi connectivity index (χ2n) is 4.43. The van der Waals surface area contributed by atoms with Gasteiger partial charge >= 0.3 is 0 Å². The molecule has 0 amide bonds. The van der Waals surface area contributed by atoms with Crippen LogP contribution >= 0.6 is 15.9 Å². The summed E-state index contributed by atoms with van der Waals surface area (Å²) in [7, 11) is -1.82. The summed E-state index contributed by atoms with van der Waals surface area (Å²) in [5.41, 5.74) is 0.639. The van der Waals surface area contributed by atoms with Crippen molar-refractivity contribution in [1.82, 2.24) is 19.5 Å². The molecule has 1 heterocycles. The lowest BCUT2D eigenvalue weighted by atomic mass is 10.2. The molecule has 0 fully saturated rings. The molecule has 0 unspecified atom stereocenters. The number of rotatable bonds is 6.